The smallest absolute Gasteiger partial charge is 0.139 e. The molecule has 0 N–H and O–H groups in total. The highest BCUT2D eigenvalue weighted by Gasteiger charge is 2.06. The normalized spacial score (nSPS) is 9.82. The minimum absolute atomic E-state index is 0.873. The molecule has 3 heteroatoms. The molecule has 0 spiro atoms. The number of aryl methyl sites for hydroxylation is 2. The Morgan fingerprint density at radius 1 is 1.45 bits per heavy atom. The van der Waals surface area contributed by atoms with Crippen molar-refractivity contribution in [3.8, 4) is 5.75 Å². The molecule has 0 aliphatic rings. The van der Waals surface area contributed by atoms with Crippen molar-refractivity contribution in [2.24, 2.45) is 0 Å². The van der Waals surface area contributed by atoms with E-state index in [0.717, 1.165) is 21.5 Å². The molecule has 0 aliphatic carbocycles. The average Bonchev–Trinajstić information content (AvgIpc) is 1.99. The molecule has 60 valence electrons. The van der Waals surface area contributed by atoms with Gasteiger partial charge in [-0.15, -0.1) is 0 Å². The molecule has 0 fully saturated rings. The van der Waals surface area contributed by atoms with Crippen molar-refractivity contribution in [2.75, 3.05) is 7.11 Å². The average molecular weight is 216 g/mol. The Morgan fingerprint density at radius 2 is 2.09 bits per heavy atom. The SMILES string of the molecule is COc1c(C)cnc(C)c1Br. The Morgan fingerprint density at radius 3 is 2.55 bits per heavy atom. The first-order valence-corrected chi connectivity index (χ1v) is 4.11. The molecule has 0 bridgehead atoms. The van der Waals surface area contributed by atoms with Gasteiger partial charge in [0.05, 0.1) is 17.3 Å². The molecular formula is C8H10BrNO. The summed E-state index contributed by atoms with van der Waals surface area (Å²) in [6, 6.07) is 0. The lowest BCUT2D eigenvalue weighted by Gasteiger charge is -2.07. The van der Waals surface area contributed by atoms with Gasteiger partial charge in [-0.1, -0.05) is 0 Å². The maximum Gasteiger partial charge on any atom is 0.139 e. The van der Waals surface area contributed by atoms with Crippen LogP contribution in [0.15, 0.2) is 10.7 Å². The third-order valence-corrected chi connectivity index (χ3v) is 2.47. The van der Waals surface area contributed by atoms with Gasteiger partial charge in [0, 0.05) is 11.8 Å². The maximum atomic E-state index is 5.17. The number of aromatic nitrogens is 1. The number of ether oxygens (including phenoxy) is 1. The van der Waals surface area contributed by atoms with Crippen LogP contribution in [0.25, 0.3) is 0 Å². The third kappa shape index (κ3) is 1.53. The summed E-state index contributed by atoms with van der Waals surface area (Å²) in [5.41, 5.74) is 2.00. The van der Waals surface area contributed by atoms with Gasteiger partial charge >= 0.3 is 0 Å². The van der Waals surface area contributed by atoms with Crippen molar-refractivity contribution >= 4 is 15.9 Å². The summed E-state index contributed by atoms with van der Waals surface area (Å²) in [4.78, 5) is 4.16. The van der Waals surface area contributed by atoms with Crippen LogP contribution in [-0.4, -0.2) is 12.1 Å². The quantitative estimate of drug-likeness (QED) is 0.719. The first-order valence-electron chi connectivity index (χ1n) is 3.32. The Labute approximate surface area is 74.7 Å². The van der Waals surface area contributed by atoms with E-state index in [1.807, 2.05) is 13.8 Å². The van der Waals surface area contributed by atoms with Crippen molar-refractivity contribution in [3.05, 3.63) is 21.9 Å². The Bertz CT molecular complexity index is 273. The van der Waals surface area contributed by atoms with E-state index >= 15 is 0 Å². The Hall–Kier alpha value is -0.570. The van der Waals surface area contributed by atoms with E-state index in [0.29, 0.717) is 0 Å². The van der Waals surface area contributed by atoms with Crippen molar-refractivity contribution in [2.45, 2.75) is 13.8 Å². The maximum absolute atomic E-state index is 5.17. The third-order valence-electron chi connectivity index (χ3n) is 1.53. The first kappa shape index (κ1) is 8.53. The molecule has 0 saturated carbocycles. The van der Waals surface area contributed by atoms with Crippen LogP contribution in [0.2, 0.25) is 0 Å². The molecule has 0 aliphatic heterocycles. The van der Waals surface area contributed by atoms with Crippen molar-refractivity contribution in [1.82, 2.24) is 4.98 Å². The van der Waals surface area contributed by atoms with Crippen LogP contribution >= 0.6 is 15.9 Å². The number of pyridine rings is 1. The van der Waals surface area contributed by atoms with Gasteiger partial charge in [-0.2, -0.15) is 0 Å². The molecule has 2 nitrogen and oxygen atoms in total. The second-order valence-corrected chi connectivity index (χ2v) is 3.17. The summed E-state index contributed by atoms with van der Waals surface area (Å²) >= 11 is 3.40. The van der Waals surface area contributed by atoms with Gasteiger partial charge in [0.1, 0.15) is 5.75 Å². The van der Waals surface area contributed by atoms with Crippen LogP contribution in [-0.2, 0) is 0 Å². The molecule has 0 saturated heterocycles. The molecule has 1 aromatic rings. The minimum atomic E-state index is 0.873. The number of rotatable bonds is 1. The fraction of sp³-hybridized carbons (Fsp3) is 0.375. The van der Waals surface area contributed by atoms with E-state index in [4.69, 9.17) is 4.74 Å². The van der Waals surface area contributed by atoms with Crippen LogP contribution in [0.1, 0.15) is 11.3 Å². The summed E-state index contributed by atoms with van der Waals surface area (Å²) < 4.78 is 6.11. The van der Waals surface area contributed by atoms with Gasteiger partial charge in [0.2, 0.25) is 0 Å². The van der Waals surface area contributed by atoms with Gasteiger partial charge in [0.15, 0.2) is 0 Å². The standard InChI is InChI=1S/C8H10BrNO/c1-5-4-10-6(2)7(9)8(5)11-3/h4H,1-3H3. The zero-order valence-corrected chi connectivity index (χ0v) is 8.40. The molecule has 11 heavy (non-hydrogen) atoms. The minimum Gasteiger partial charge on any atom is -0.495 e. The zero-order valence-electron chi connectivity index (χ0n) is 6.81. The molecule has 0 radical (unpaired) electrons. The highest BCUT2D eigenvalue weighted by Crippen LogP contribution is 2.29. The van der Waals surface area contributed by atoms with Crippen LogP contribution in [0, 0.1) is 13.8 Å². The van der Waals surface area contributed by atoms with Gasteiger partial charge < -0.3 is 4.74 Å². The van der Waals surface area contributed by atoms with Crippen LogP contribution < -0.4 is 4.74 Å². The number of halogens is 1. The lowest BCUT2D eigenvalue weighted by Crippen LogP contribution is -1.92. The van der Waals surface area contributed by atoms with Crippen molar-refractivity contribution < 1.29 is 4.74 Å². The predicted octanol–water partition coefficient (Wildman–Crippen LogP) is 2.47. The summed E-state index contributed by atoms with van der Waals surface area (Å²) in [7, 11) is 1.66. The predicted molar refractivity (Wildman–Crippen MR) is 48.0 cm³/mol. The van der Waals surface area contributed by atoms with Crippen molar-refractivity contribution in [3.63, 3.8) is 0 Å². The van der Waals surface area contributed by atoms with Crippen molar-refractivity contribution in [1.29, 1.82) is 0 Å². The number of hydrogen-bond acceptors (Lipinski definition) is 2. The lowest BCUT2D eigenvalue weighted by molar-refractivity contribution is 0.407. The zero-order chi connectivity index (χ0) is 8.43. The summed E-state index contributed by atoms with van der Waals surface area (Å²) in [6.07, 6.45) is 1.80. The Kier molecular flexibility index (Phi) is 2.49. The number of methoxy groups -OCH3 is 1. The van der Waals surface area contributed by atoms with E-state index in [-0.39, 0.29) is 0 Å². The lowest BCUT2D eigenvalue weighted by atomic mass is 10.2. The monoisotopic (exact) mass is 215 g/mol. The van der Waals surface area contributed by atoms with E-state index in [2.05, 4.69) is 20.9 Å². The van der Waals surface area contributed by atoms with Crippen LogP contribution in [0.3, 0.4) is 0 Å². The fourth-order valence-electron chi connectivity index (χ4n) is 0.897. The second kappa shape index (κ2) is 3.22. The topological polar surface area (TPSA) is 22.1 Å². The Balaban J connectivity index is 3.29. The van der Waals surface area contributed by atoms with Crippen LogP contribution in [0.5, 0.6) is 5.75 Å². The van der Waals surface area contributed by atoms with Crippen LogP contribution in [0.4, 0.5) is 0 Å². The molecule has 0 aromatic carbocycles. The van der Waals surface area contributed by atoms with Gasteiger partial charge in [-0.3, -0.25) is 4.98 Å². The highest BCUT2D eigenvalue weighted by molar-refractivity contribution is 9.10. The molecule has 1 aromatic heterocycles. The van der Waals surface area contributed by atoms with E-state index in [9.17, 15) is 0 Å². The molecular weight excluding hydrogens is 206 g/mol. The summed E-state index contributed by atoms with van der Waals surface area (Å²) in [5, 5.41) is 0. The first-order chi connectivity index (χ1) is 5.16. The highest BCUT2D eigenvalue weighted by atomic mass is 79.9. The molecule has 0 unspecified atom stereocenters. The molecule has 1 heterocycles. The van der Waals surface area contributed by atoms with E-state index in [1.165, 1.54) is 0 Å². The number of hydrogen-bond donors (Lipinski definition) is 0. The van der Waals surface area contributed by atoms with Gasteiger partial charge in [-0.05, 0) is 29.8 Å². The second-order valence-electron chi connectivity index (χ2n) is 2.37. The largest absolute Gasteiger partial charge is 0.495 e. The van der Waals surface area contributed by atoms with Gasteiger partial charge in [-0.25, -0.2) is 0 Å². The van der Waals surface area contributed by atoms with E-state index in [1.54, 1.807) is 13.3 Å². The fourth-order valence-corrected chi connectivity index (χ4v) is 1.47. The molecule has 1 rings (SSSR count). The van der Waals surface area contributed by atoms with Gasteiger partial charge in [0.25, 0.3) is 0 Å². The summed E-state index contributed by atoms with van der Waals surface area (Å²) in [5.74, 6) is 0.873. The number of nitrogens with zero attached hydrogens (tertiary/aromatic N) is 1. The molecule has 0 atom stereocenters. The molecule has 0 amide bonds. The summed E-state index contributed by atoms with van der Waals surface area (Å²) in [6.45, 7) is 3.90. The van der Waals surface area contributed by atoms with E-state index < -0.39 is 0 Å².